The van der Waals surface area contributed by atoms with E-state index in [0.29, 0.717) is 10.8 Å². The van der Waals surface area contributed by atoms with Crippen molar-refractivity contribution in [3.8, 4) is 5.69 Å². The van der Waals surface area contributed by atoms with Gasteiger partial charge in [-0.2, -0.15) is 5.10 Å². The van der Waals surface area contributed by atoms with E-state index in [4.69, 9.17) is 0 Å². The van der Waals surface area contributed by atoms with E-state index in [-0.39, 0.29) is 5.91 Å². The SMILES string of the molecule is Cc1nn(-c2ccccc2)c2sc(C(=O)Nc3ccc(C(C)C)cc3)cc12. The van der Waals surface area contributed by atoms with Gasteiger partial charge in [0.25, 0.3) is 5.91 Å². The van der Waals surface area contributed by atoms with E-state index in [9.17, 15) is 4.79 Å². The minimum absolute atomic E-state index is 0.0903. The lowest BCUT2D eigenvalue weighted by Crippen LogP contribution is -2.10. The fraction of sp³-hybridized carbons (Fsp3) is 0.182. The predicted molar refractivity (Wildman–Crippen MR) is 112 cm³/mol. The van der Waals surface area contributed by atoms with Crippen molar-refractivity contribution in [3.05, 3.63) is 76.8 Å². The molecule has 0 saturated carbocycles. The van der Waals surface area contributed by atoms with Gasteiger partial charge in [-0.05, 0) is 48.7 Å². The number of nitrogens with one attached hydrogen (secondary N) is 1. The number of nitrogens with zero attached hydrogens (tertiary/aromatic N) is 2. The van der Waals surface area contributed by atoms with Gasteiger partial charge in [-0.25, -0.2) is 4.68 Å². The van der Waals surface area contributed by atoms with Crippen molar-refractivity contribution in [1.82, 2.24) is 9.78 Å². The molecule has 0 spiro atoms. The number of aryl methyl sites for hydroxylation is 1. The normalized spacial score (nSPS) is 11.3. The summed E-state index contributed by atoms with van der Waals surface area (Å²) in [5, 5.41) is 8.64. The van der Waals surface area contributed by atoms with Gasteiger partial charge in [0.05, 0.1) is 16.3 Å². The number of fused-ring (bicyclic) bond motifs is 1. The molecule has 27 heavy (non-hydrogen) atoms. The molecular weight excluding hydrogens is 354 g/mol. The highest BCUT2D eigenvalue weighted by Gasteiger charge is 2.17. The number of aromatic nitrogens is 2. The lowest BCUT2D eigenvalue weighted by atomic mass is 10.0. The molecule has 2 aromatic carbocycles. The van der Waals surface area contributed by atoms with Gasteiger partial charge in [-0.3, -0.25) is 4.79 Å². The van der Waals surface area contributed by atoms with Crippen LogP contribution in [0.3, 0.4) is 0 Å². The van der Waals surface area contributed by atoms with Crippen LogP contribution in [0, 0.1) is 6.92 Å². The summed E-state index contributed by atoms with van der Waals surface area (Å²) in [6, 6.07) is 19.9. The maximum absolute atomic E-state index is 12.7. The van der Waals surface area contributed by atoms with Gasteiger partial charge in [0, 0.05) is 11.1 Å². The van der Waals surface area contributed by atoms with Crippen molar-refractivity contribution >= 4 is 33.1 Å². The summed E-state index contributed by atoms with van der Waals surface area (Å²) in [6.07, 6.45) is 0. The molecule has 0 atom stereocenters. The number of thiophene rings is 1. The lowest BCUT2D eigenvalue weighted by molar-refractivity contribution is 0.103. The molecule has 4 rings (SSSR count). The standard InChI is InChI=1S/C22H21N3OS/c1-14(2)16-9-11-17(12-10-16)23-21(26)20-13-19-15(3)24-25(22(19)27-20)18-7-5-4-6-8-18/h4-14H,1-3H3,(H,23,26). The summed E-state index contributed by atoms with van der Waals surface area (Å²) in [7, 11) is 0. The van der Waals surface area contributed by atoms with E-state index in [1.807, 2.05) is 60.1 Å². The quantitative estimate of drug-likeness (QED) is 0.492. The first-order chi connectivity index (χ1) is 13.0. The molecular formula is C22H21N3OS. The van der Waals surface area contributed by atoms with Crippen LogP contribution in [0.2, 0.25) is 0 Å². The first-order valence-electron chi connectivity index (χ1n) is 8.99. The molecule has 0 saturated heterocycles. The number of hydrogen-bond acceptors (Lipinski definition) is 3. The monoisotopic (exact) mass is 375 g/mol. The van der Waals surface area contributed by atoms with Crippen LogP contribution in [0.4, 0.5) is 5.69 Å². The van der Waals surface area contributed by atoms with Gasteiger partial charge >= 0.3 is 0 Å². The Morgan fingerprint density at radius 2 is 1.78 bits per heavy atom. The molecule has 0 bridgehead atoms. The molecule has 0 radical (unpaired) electrons. The van der Waals surface area contributed by atoms with Crippen molar-refractivity contribution < 1.29 is 4.79 Å². The third-order valence-electron chi connectivity index (χ3n) is 4.60. The second-order valence-electron chi connectivity index (χ2n) is 6.89. The highest BCUT2D eigenvalue weighted by molar-refractivity contribution is 7.20. The Labute approximate surface area is 162 Å². The second kappa shape index (κ2) is 7.00. The fourth-order valence-corrected chi connectivity index (χ4v) is 4.13. The molecule has 4 nitrogen and oxygen atoms in total. The van der Waals surface area contributed by atoms with Gasteiger partial charge in [0.1, 0.15) is 4.83 Å². The van der Waals surface area contributed by atoms with Crippen molar-refractivity contribution in [2.45, 2.75) is 26.7 Å². The first-order valence-corrected chi connectivity index (χ1v) is 9.80. The number of carbonyl (C=O) groups is 1. The van der Waals surface area contributed by atoms with Crippen LogP contribution in [0.25, 0.3) is 15.9 Å². The number of benzene rings is 2. The van der Waals surface area contributed by atoms with Crippen LogP contribution >= 0.6 is 11.3 Å². The van der Waals surface area contributed by atoms with Gasteiger partial charge in [-0.1, -0.05) is 44.2 Å². The van der Waals surface area contributed by atoms with Gasteiger partial charge < -0.3 is 5.32 Å². The zero-order valence-electron chi connectivity index (χ0n) is 15.6. The average molecular weight is 375 g/mol. The molecule has 0 fully saturated rings. The van der Waals surface area contributed by atoms with Crippen LogP contribution in [0.15, 0.2) is 60.7 Å². The number of para-hydroxylation sites is 1. The van der Waals surface area contributed by atoms with Gasteiger partial charge in [0.2, 0.25) is 0 Å². The van der Waals surface area contributed by atoms with E-state index in [1.165, 1.54) is 16.9 Å². The number of rotatable bonds is 4. The third kappa shape index (κ3) is 3.38. The smallest absolute Gasteiger partial charge is 0.265 e. The first kappa shape index (κ1) is 17.5. The number of anilines is 1. The van der Waals surface area contributed by atoms with Crippen LogP contribution in [-0.2, 0) is 0 Å². The molecule has 2 heterocycles. The summed E-state index contributed by atoms with van der Waals surface area (Å²) >= 11 is 1.46. The largest absolute Gasteiger partial charge is 0.321 e. The Balaban J connectivity index is 1.63. The molecule has 0 unspecified atom stereocenters. The summed E-state index contributed by atoms with van der Waals surface area (Å²) in [4.78, 5) is 14.4. The average Bonchev–Trinajstić information content (AvgIpc) is 3.24. The fourth-order valence-electron chi connectivity index (χ4n) is 3.05. The zero-order valence-corrected chi connectivity index (χ0v) is 16.4. The molecule has 136 valence electrons. The van der Waals surface area contributed by atoms with Crippen molar-refractivity contribution in [2.24, 2.45) is 0 Å². The third-order valence-corrected chi connectivity index (χ3v) is 5.71. The highest BCUT2D eigenvalue weighted by Crippen LogP contribution is 2.31. The molecule has 0 aliphatic heterocycles. The Hall–Kier alpha value is -2.92. The summed E-state index contributed by atoms with van der Waals surface area (Å²) in [5.74, 6) is 0.383. The van der Waals surface area contributed by atoms with E-state index in [0.717, 1.165) is 27.3 Å². The van der Waals surface area contributed by atoms with E-state index < -0.39 is 0 Å². The summed E-state index contributed by atoms with van der Waals surface area (Å²) in [6.45, 7) is 6.28. The maximum Gasteiger partial charge on any atom is 0.265 e. The molecule has 0 aliphatic carbocycles. The Kier molecular flexibility index (Phi) is 4.54. The number of hydrogen-bond donors (Lipinski definition) is 1. The van der Waals surface area contributed by atoms with Crippen LogP contribution in [0.5, 0.6) is 0 Å². The predicted octanol–water partition coefficient (Wildman–Crippen LogP) is 5.77. The summed E-state index contributed by atoms with van der Waals surface area (Å²) < 4.78 is 1.91. The van der Waals surface area contributed by atoms with Crippen LogP contribution < -0.4 is 5.32 Å². The van der Waals surface area contributed by atoms with Crippen molar-refractivity contribution in [2.75, 3.05) is 5.32 Å². The Morgan fingerprint density at radius 1 is 1.07 bits per heavy atom. The molecule has 1 N–H and O–H groups in total. The molecule has 0 aliphatic rings. The number of carbonyl (C=O) groups excluding carboxylic acids is 1. The molecule has 2 aromatic heterocycles. The van der Waals surface area contributed by atoms with Crippen LogP contribution in [-0.4, -0.2) is 15.7 Å². The molecule has 1 amide bonds. The topological polar surface area (TPSA) is 46.9 Å². The van der Waals surface area contributed by atoms with Crippen molar-refractivity contribution in [1.29, 1.82) is 0 Å². The zero-order chi connectivity index (χ0) is 19.0. The van der Waals surface area contributed by atoms with E-state index >= 15 is 0 Å². The minimum atomic E-state index is -0.0903. The Bertz CT molecular complexity index is 1090. The lowest BCUT2D eigenvalue weighted by Gasteiger charge is -2.07. The molecule has 5 heteroatoms. The van der Waals surface area contributed by atoms with E-state index in [2.05, 4.69) is 36.4 Å². The molecule has 4 aromatic rings. The van der Waals surface area contributed by atoms with Gasteiger partial charge in [0.15, 0.2) is 0 Å². The second-order valence-corrected chi connectivity index (χ2v) is 7.92. The minimum Gasteiger partial charge on any atom is -0.321 e. The highest BCUT2D eigenvalue weighted by atomic mass is 32.1. The van der Waals surface area contributed by atoms with E-state index in [1.54, 1.807) is 0 Å². The van der Waals surface area contributed by atoms with Gasteiger partial charge in [-0.15, -0.1) is 11.3 Å². The maximum atomic E-state index is 12.7. The van der Waals surface area contributed by atoms with Crippen LogP contribution in [0.1, 0.15) is 40.7 Å². The Morgan fingerprint density at radius 3 is 2.44 bits per heavy atom. The number of amides is 1. The van der Waals surface area contributed by atoms with Crippen molar-refractivity contribution in [3.63, 3.8) is 0 Å². The summed E-state index contributed by atoms with van der Waals surface area (Å²) in [5.41, 5.74) is 3.98.